The third-order valence-corrected chi connectivity index (χ3v) is 11.0. The molecule has 1 aromatic heterocycles. The van der Waals surface area contributed by atoms with Crippen molar-refractivity contribution in [2.45, 2.75) is 62.3 Å². The molecule has 2 aromatic rings. The molecule has 3 aliphatic heterocycles. The third-order valence-electron chi connectivity index (χ3n) is 8.56. The van der Waals surface area contributed by atoms with E-state index in [2.05, 4.69) is 20.1 Å². The van der Waals surface area contributed by atoms with Gasteiger partial charge in [0.25, 0.3) is 6.43 Å². The van der Waals surface area contributed by atoms with Gasteiger partial charge in [0.1, 0.15) is 0 Å². The minimum Gasteiger partial charge on any atom is -0.368 e. The smallest absolute Gasteiger partial charge is 0.263 e. The van der Waals surface area contributed by atoms with Crippen LogP contribution in [0.25, 0.3) is 10.9 Å². The zero-order valence-electron chi connectivity index (χ0n) is 20.2. The number of nitrogens with one attached hydrogen (secondary N) is 1. The van der Waals surface area contributed by atoms with Gasteiger partial charge in [-0.1, -0.05) is 0 Å². The number of halogens is 2. The Morgan fingerprint density at radius 1 is 1.00 bits per heavy atom. The van der Waals surface area contributed by atoms with E-state index >= 15 is 0 Å². The molecule has 1 N–H and O–H groups in total. The van der Waals surface area contributed by atoms with Crippen LogP contribution in [0.2, 0.25) is 0 Å². The van der Waals surface area contributed by atoms with Crippen molar-refractivity contribution < 1.29 is 17.2 Å². The number of nitrogens with zero attached hydrogens (tertiary/aromatic N) is 5. The van der Waals surface area contributed by atoms with E-state index in [4.69, 9.17) is 4.98 Å². The van der Waals surface area contributed by atoms with Gasteiger partial charge in [0.05, 0.1) is 16.5 Å². The molecular formula is C25H32F2N6O2S. The van der Waals surface area contributed by atoms with Crippen molar-refractivity contribution in [2.75, 3.05) is 49.5 Å². The Hall–Kier alpha value is -2.11. The first-order chi connectivity index (χ1) is 17.3. The zero-order chi connectivity index (χ0) is 24.7. The normalized spacial score (nSPS) is 25.4. The number of piperidine rings is 1. The van der Waals surface area contributed by atoms with Crippen LogP contribution < -0.4 is 10.2 Å². The molecule has 194 valence electrons. The van der Waals surface area contributed by atoms with Crippen LogP contribution in [-0.2, 0) is 10.0 Å². The lowest BCUT2D eigenvalue weighted by Crippen LogP contribution is -2.72. The van der Waals surface area contributed by atoms with Gasteiger partial charge in [-0.15, -0.1) is 0 Å². The van der Waals surface area contributed by atoms with Crippen LogP contribution in [0, 0.1) is 5.41 Å². The number of anilines is 2. The van der Waals surface area contributed by atoms with Crippen LogP contribution in [0.5, 0.6) is 0 Å². The summed E-state index contributed by atoms with van der Waals surface area (Å²) < 4.78 is 54.0. The third kappa shape index (κ3) is 4.03. The lowest BCUT2D eigenvalue weighted by atomic mass is 9.72. The van der Waals surface area contributed by atoms with Crippen LogP contribution in [0.4, 0.5) is 20.4 Å². The fourth-order valence-corrected chi connectivity index (χ4v) is 8.12. The zero-order valence-corrected chi connectivity index (χ0v) is 21.1. The van der Waals surface area contributed by atoms with E-state index in [1.54, 1.807) is 16.6 Å². The molecule has 1 aromatic carbocycles. The van der Waals surface area contributed by atoms with Crippen LogP contribution in [0.15, 0.2) is 18.3 Å². The molecule has 36 heavy (non-hydrogen) atoms. The van der Waals surface area contributed by atoms with E-state index in [1.165, 1.54) is 18.9 Å². The number of benzene rings is 1. The van der Waals surface area contributed by atoms with Crippen molar-refractivity contribution in [1.29, 1.82) is 0 Å². The topological polar surface area (TPSA) is 81.7 Å². The molecular weight excluding hydrogens is 486 g/mol. The number of rotatable bonds is 7. The Labute approximate surface area is 210 Å². The summed E-state index contributed by atoms with van der Waals surface area (Å²) in [6.07, 6.45) is 4.63. The lowest BCUT2D eigenvalue weighted by Gasteiger charge is -2.61. The Morgan fingerprint density at radius 2 is 1.72 bits per heavy atom. The van der Waals surface area contributed by atoms with Crippen LogP contribution in [0.3, 0.4) is 0 Å². The molecule has 4 heterocycles. The van der Waals surface area contributed by atoms with Gasteiger partial charge in [0, 0.05) is 73.9 Å². The minimum atomic E-state index is -3.14. The average molecular weight is 519 g/mol. The first kappa shape index (κ1) is 23.0. The molecule has 2 aliphatic carbocycles. The summed E-state index contributed by atoms with van der Waals surface area (Å²) >= 11 is 0. The molecule has 5 fully saturated rings. The Balaban J connectivity index is 1.08. The molecule has 1 spiro atoms. The van der Waals surface area contributed by atoms with Gasteiger partial charge in [0.2, 0.25) is 16.0 Å². The molecule has 2 saturated carbocycles. The van der Waals surface area contributed by atoms with Gasteiger partial charge in [-0.05, 0) is 50.7 Å². The van der Waals surface area contributed by atoms with Crippen molar-refractivity contribution in [3.63, 3.8) is 0 Å². The molecule has 7 rings (SSSR count). The fraction of sp³-hybridized carbons (Fsp3) is 0.680. The molecule has 5 aliphatic rings. The van der Waals surface area contributed by atoms with Crippen molar-refractivity contribution in [1.82, 2.24) is 19.2 Å². The van der Waals surface area contributed by atoms with Crippen LogP contribution >= 0.6 is 0 Å². The SMILES string of the molecule is O=S(=O)(C1CC1)N1CCC(Nc2ncc3cc(C(F)F)cc(N4CC5(C4)CN(C4CC4)C5)c3n2)CC1. The van der Waals surface area contributed by atoms with E-state index in [0.717, 1.165) is 50.7 Å². The summed E-state index contributed by atoms with van der Waals surface area (Å²) in [5, 5.41) is 3.81. The van der Waals surface area contributed by atoms with Gasteiger partial charge in [-0.25, -0.2) is 31.5 Å². The van der Waals surface area contributed by atoms with Crippen molar-refractivity contribution in [3.8, 4) is 0 Å². The predicted molar refractivity (Wildman–Crippen MR) is 134 cm³/mol. The number of likely N-dealkylation sites (tertiary alicyclic amines) is 1. The highest BCUT2D eigenvalue weighted by atomic mass is 32.2. The van der Waals surface area contributed by atoms with Crippen molar-refractivity contribution >= 4 is 32.6 Å². The fourth-order valence-electron chi connectivity index (χ4n) is 6.25. The number of sulfonamides is 1. The van der Waals surface area contributed by atoms with Crippen molar-refractivity contribution in [2.24, 2.45) is 5.41 Å². The maximum absolute atomic E-state index is 13.7. The monoisotopic (exact) mass is 518 g/mol. The Bertz CT molecular complexity index is 1280. The van der Waals surface area contributed by atoms with E-state index in [9.17, 15) is 17.2 Å². The number of hydrogen-bond donors (Lipinski definition) is 1. The summed E-state index contributed by atoms with van der Waals surface area (Å²) in [5.74, 6) is 0.468. The van der Waals surface area contributed by atoms with Crippen LogP contribution in [0.1, 0.15) is 50.5 Å². The van der Waals surface area contributed by atoms with Crippen molar-refractivity contribution in [3.05, 3.63) is 23.9 Å². The summed E-state index contributed by atoms with van der Waals surface area (Å²) in [6.45, 7) is 4.97. The molecule has 0 unspecified atom stereocenters. The molecule has 3 saturated heterocycles. The van der Waals surface area contributed by atoms with Gasteiger partial charge in [-0.2, -0.15) is 0 Å². The lowest BCUT2D eigenvalue weighted by molar-refractivity contribution is -0.0273. The molecule has 11 heteroatoms. The predicted octanol–water partition coefficient (Wildman–Crippen LogP) is 3.22. The van der Waals surface area contributed by atoms with Crippen LogP contribution in [-0.4, -0.2) is 84.2 Å². The summed E-state index contributed by atoms with van der Waals surface area (Å²) in [7, 11) is -3.14. The Morgan fingerprint density at radius 3 is 2.36 bits per heavy atom. The van der Waals surface area contributed by atoms with Gasteiger partial charge in [0.15, 0.2) is 0 Å². The Kier molecular flexibility index (Phi) is 5.24. The van der Waals surface area contributed by atoms with E-state index in [-0.39, 0.29) is 16.9 Å². The second-order valence-electron chi connectivity index (χ2n) is 11.5. The molecule has 0 bridgehead atoms. The molecule has 0 amide bonds. The summed E-state index contributed by atoms with van der Waals surface area (Å²) in [5.41, 5.74) is 1.74. The first-order valence-electron chi connectivity index (χ1n) is 13.1. The molecule has 0 atom stereocenters. The highest BCUT2D eigenvalue weighted by Crippen LogP contribution is 2.47. The summed E-state index contributed by atoms with van der Waals surface area (Å²) in [6, 6.07) is 3.93. The van der Waals surface area contributed by atoms with E-state index in [0.29, 0.717) is 48.2 Å². The van der Waals surface area contributed by atoms with E-state index < -0.39 is 16.4 Å². The highest BCUT2D eigenvalue weighted by molar-refractivity contribution is 7.90. The van der Waals surface area contributed by atoms with Gasteiger partial charge < -0.3 is 10.2 Å². The number of hydrogen-bond acceptors (Lipinski definition) is 7. The van der Waals surface area contributed by atoms with E-state index in [1.807, 2.05) is 0 Å². The molecule has 8 nitrogen and oxygen atoms in total. The second-order valence-corrected chi connectivity index (χ2v) is 13.7. The first-order valence-corrected chi connectivity index (χ1v) is 14.6. The number of alkyl halides is 2. The molecule has 0 radical (unpaired) electrons. The second kappa shape index (κ2) is 8.19. The van der Waals surface area contributed by atoms with Gasteiger partial charge in [-0.3, -0.25) is 4.90 Å². The number of aromatic nitrogens is 2. The maximum atomic E-state index is 13.7. The maximum Gasteiger partial charge on any atom is 0.263 e. The van der Waals surface area contributed by atoms with Gasteiger partial charge >= 0.3 is 0 Å². The minimum absolute atomic E-state index is 0.000203. The average Bonchev–Trinajstić information content (AvgIpc) is 3.71. The standard InChI is InChI=1S/C25H32F2N6O2S/c26-23(27)16-9-17-11-28-24(29-18-5-7-33(8-6-18)36(34,35)20-3-4-20)30-22(17)21(10-16)32-14-25(15-32)12-31(13-25)19-1-2-19/h9-11,18-20,23H,1-8,12-15H2,(H,28,29,30). The summed E-state index contributed by atoms with van der Waals surface area (Å²) in [4.78, 5) is 13.9. The number of fused-ring (bicyclic) bond motifs is 1. The highest BCUT2D eigenvalue weighted by Gasteiger charge is 2.55. The largest absolute Gasteiger partial charge is 0.368 e. The quantitative estimate of drug-likeness (QED) is 0.603.